The van der Waals surface area contributed by atoms with Crippen molar-refractivity contribution in [1.82, 2.24) is 10.6 Å². The highest BCUT2D eigenvalue weighted by Crippen LogP contribution is 1.92. The molecule has 21 heteroatoms. The summed E-state index contributed by atoms with van der Waals surface area (Å²) in [5, 5.41) is 57.6. The van der Waals surface area contributed by atoms with Crippen LogP contribution in [0.15, 0.2) is 0 Å². The maximum atomic E-state index is 5.09. The van der Waals surface area contributed by atoms with Gasteiger partial charge in [-0.25, -0.2) is 10.8 Å². The van der Waals surface area contributed by atoms with Gasteiger partial charge in [0.25, 0.3) is 0 Å². The molecule has 0 unspecified atom stereocenters. The van der Waals surface area contributed by atoms with Crippen molar-refractivity contribution >= 4 is 0 Å². The highest BCUT2D eigenvalue weighted by molar-refractivity contribution is 4.42. The van der Waals surface area contributed by atoms with Crippen LogP contribution in [0.5, 0.6) is 0 Å². The third-order valence-corrected chi connectivity index (χ3v) is 1.79. The molecule has 0 rings (SSSR count). The smallest absolute Gasteiger partial charge is 0.138 e. The van der Waals surface area contributed by atoms with Crippen LogP contribution in [0.4, 0.5) is 0 Å². The van der Waals surface area contributed by atoms with Gasteiger partial charge in [0.2, 0.25) is 0 Å². The molecule has 4 N–H and O–H groups in total. The summed E-state index contributed by atoms with van der Waals surface area (Å²) in [6.07, 6.45) is 0. The Hall–Kier alpha value is -0.840. The van der Waals surface area contributed by atoms with Crippen molar-refractivity contribution in [2.75, 3.05) is 46.4 Å². The second-order valence-corrected chi connectivity index (χ2v) is 3.54. The Kier molecular flexibility index (Phi) is 26.4. The first-order valence-corrected chi connectivity index (χ1v) is 7.30. The van der Waals surface area contributed by atoms with Crippen LogP contribution in [0.1, 0.15) is 6.92 Å². The predicted molar refractivity (Wildman–Crippen MR) is 69.7 cm³/mol. The Morgan fingerprint density at radius 2 is 1.03 bits per heavy atom. The number of nitrogens with one attached hydrogen (secondary N) is 2. The third kappa shape index (κ3) is 27.2. The summed E-state index contributed by atoms with van der Waals surface area (Å²) in [7, 11) is 0. The quantitative estimate of drug-likeness (QED) is 0.0565. The van der Waals surface area contributed by atoms with Crippen LogP contribution in [0, 0.1) is 0 Å². The average Bonchev–Trinajstić information content (AvgIpc) is 2.74. The molecular formula is C8H21N3O18. The fourth-order valence-corrected chi connectivity index (χ4v) is 0.903. The Balaban J connectivity index is 2.97. The summed E-state index contributed by atoms with van der Waals surface area (Å²) < 4.78 is 5.09. The highest BCUT2D eigenvalue weighted by atomic mass is 18.0. The van der Waals surface area contributed by atoms with Gasteiger partial charge in [-0.05, 0) is 77.5 Å². The molecule has 0 saturated heterocycles. The first kappa shape index (κ1) is 28.2. The zero-order valence-electron chi connectivity index (χ0n) is 14.9. The van der Waals surface area contributed by atoms with E-state index in [1.165, 1.54) is 0 Å². The van der Waals surface area contributed by atoms with Crippen LogP contribution in [0.25, 0.3) is 0 Å². The Bertz CT molecular complexity index is 268. The molecule has 0 aliphatic heterocycles. The summed E-state index contributed by atoms with van der Waals surface area (Å²) in [6, 6.07) is 0. The van der Waals surface area contributed by atoms with Crippen LogP contribution in [-0.4, -0.2) is 46.4 Å². The van der Waals surface area contributed by atoms with E-state index in [1.54, 1.807) is 0 Å². The molecule has 0 atom stereocenters. The van der Waals surface area contributed by atoms with E-state index < -0.39 is 0 Å². The second kappa shape index (κ2) is 27.2. The number of rotatable bonds is 26. The fourth-order valence-electron chi connectivity index (χ4n) is 0.903. The lowest BCUT2D eigenvalue weighted by atomic mass is 10.6. The molecule has 0 aromatic carbocycles. The van der Waals surface area contributed by atoms with Crippen molar-refractivity contribution < 1.29 is 89.9 Å². The van der Waals surface area contributed by atoms with Crippen LogP contribution >= 0.6 is 0 Å². The van der Waals surface area contributed by atoms with Gasteiger partial charge >= 0.3 is 0 Å². The SMILES string of the molecule is CCOCCNCCOOOOOOOOOOOOOOOOCNCON. The Morgan fingerprint density at radius 1 is 0.552 bits per heavy atom. The summed E-state index contributed by atoms with van der Waals surface area (Å²) >= 11 is 0. The second-order valence-electron chi connectivity index (χ2n) is 3.54. The lowest BCUT2D eigenvalue weighted by molar-refractivity contribution is -0.883. The Morgan fingerprint density at radius 3 is 1.55 bits per heavy atom. The summed E-state index contributed by atoms with van der Waals surface area (Å²) in [6.45, 7) is 4.22. The number of hydrogen-bond donors (Lipinski definition) is 3. The molecule has 0 aromatic heterocycles. The van der Waals surface area contributed by atoms with E-state index >= 15 is 0 Å². The van der Waals surface area contributed by atoms with Gasteiger partial charge in [0, 0.05) is 19.7 Å². The van der Waals surface area contributed by atoms with Crippen LogP contribution in [0.2, 0.25) is 0 Å². The molecule has 0 amide bonds. The van der Waals surface area contributed by atoms with Crippen molar-refractivity contribution in [2.24, 2.45) is 5.90 Å². The van der Waals surface area contributed by atoms with Crippen molar-refractivity contribution in [3.8, 4) is 0 Å². The third-order valence-electron chi connectivity index (χ3n) is 1.79. The molecule has 176 valence electrons. The number of ether oxygens (including phenoxy) is 1. The largest absolute Gasteiger partial charge is 0.380 e. The molecule has 29 heavy (non-hydrogen) atoms. The van der Waals surface area contributed by atoms with Gasteiger partial charge in [0.15, 0.2) is 0 Å². The van der Waals surface area contributed by atoms with Gasteiger partial charge in [-0.2, -0.15) is 4.89 Å². The molecule has 0 radical (unpaired) electrons. The molecule has 0 spiro atoms. The van der Waals surface area contributed by atoms with Gasteiger partial charge in [-0.1, -0.05) is 0 Å². The lowest BCUT2D eigenvalue weighted by Gasteiger charge is -2.04. The van der Waals surface area contributed by atoms with Gasteiger partial charge in [0.1, 0.15) is 13.5 Å². The number of nitrogens with two attached hydrogens (primary N) is 1. The number of hydrogen-bond acceptors (Lipinski definition) is 21. The predicted octanol–water partition coefficient (Wildman–Crippen LogP) is -2.00. The molecular weight excluding hydrogens is 426 g/mol. The van der Waals surface area contributed by atoms with E-state index in [2.05, 4.69) is 95.8 Å². The van der Waals surface area contributed by atoms with Gasteiger partial charge < -0.3 is 10.1 Å². The van der Waals surface area contributed by atoms with E-state index in [0.29, 0.717) is 26.3 Å². The minimum absolute atomic E-state index is 0.00117. The van der Waals surface area contributed by atoms with Crippen molar-refractivity contribution in [3.63, 3.8) is 0 Å². The van der Waals surface area contributed by atoms with Crippen molar-refractivity contribution in [2.45, 2.75) is 6.92 Å². The van der Waals surface area contributed by atoms with E-state index in [0.717, 1.165) is 0 Å². The first-order valence-electron chi connectivity index (χ1n) is 7.30. The maximum Gasteiger partial charge on any atom is 0.138 e. The van der Waals surface area contributed by atoms with Crippen molar-refractivity contribution in [1.29, 1.82) is 0 Å². The molecule has 0 heterocycles. The van der Waals surface area contributed by atoms with E-state index in [-0.39, 0.29) is 20.1 Å². The minimum Gasteiger partial charge on any atom is -0.380 e. The average molecular weight is 447 g/mol. The Labute approximate surface area is 161 Å². The van der Waals surface area contributed by atoms with Gasteiger partial charge in [0.05, 0.1) is 13.2 Å². The zero-order valence-corrected chi connectivity index (χ0v) is 14.9. The van der Waals surface area contributed by atoms with Gasteiger partial charge in [-0.3, -0.25) is 10.2 Å². The fraction of sp³-hybridized carbons (Fsp3) is 1.00. The van der Waals surface area contributed by atoms with Crippen LogP contribution < -0.4 is 16.5 Å². The minimum atomic E-state index is -0.158. The molecule has 0 aliphatic rings. The van der Waals surface area contributed by atoms with Crippen LogP contribution in [0.3, 0.4) is 0 Å². The van der Waals surface area contributed by atoms with Crippen molar-refractivity contribution in [3.05, 3.63) is 0 Å². The maximum absolute atomic E-state index is 5.09. The molecule has 21 nitrogen and oxygen atoms in total. The lowest BCUT2D eigenvalue weighted by Crippen LogP contribution is -2.24. The van der Waals surface area contributed by atoms with Gasteiger partial charge in [-0.15, -0.1) is 0 Å². The molecule has 0 aromatic rings. The first-order chi connectivity index (χ1) is 14.4. The van der Waals surface area contributed by atoms with E-state index in [1.807, 2.05) is 6.92 Å². The molecule has 0 fully saturated rings. The van der Waals surface area contributed by atoms with E-state index in [4.69, 9.17) is 10.6 Å². The molecule has 0 bridgehead atoms. The standard InChI is InChI=1S/C8H21N3O18/c1-2-12-5-3-10-4-6-14-16-18-20-22-24-26-28-29-27-25-23-21-19-17-15-8-11-7-13-9/h10-11H,2-9H2,1H3. The van der Waals surface area contributed by atoms with E-state index in [9.17, 15) is 0 Å². The van der Waals surface area contributed by atoms with Crippen LogP contribution in [-0.2, 0) is 89.9 Å². The summed E-state index contributed by atoms with van der Waals surface area (Å²) in [5.74, 6) is 4.69. The summed E-state index contributed by atoms with van der Waals surface area (Å²) in [5.41, 5.74) is 0. The zero-order chi connectivity index (χ0) is 21.1. The highest BCUT2D eigenvalue weighted by Gasteiger charge is 1.99. The normalized spacial score (nSPS) is 11.4. The molecule has 0 aliphatic carbocycles. The topological polar surface area (TPSA) is 216 Å². The monoisotopic (exact) mass is 447 g/mol. The summed E-state index contributed by atoms with van der Waals surface area (Å²) in [4.78, 5) is 12.9. The molecule has 0 saturated carbocycles.